The van der Waals surface area contributed by atoms with Crippen molar-refractivity contribution in [3.8, 4) is 0 Å². The Bertz CT molecular complexity index is 1240. The third-order valence-electron chi connectivity index (χ3n) is 7.73. The van der Waals surface area contributed by atoms with Gasteiger partial charge in [-0.05, 0) is 79.2 Å². The molecule has 1 aliphatic heterocycles. The van der Waals surface area contributed by atoms with Gasteiger partial charge in [-0.1, -0.05) is 60.7 Å². The first-order valence-electron chi connectivity index (χ1n) is 13.5. The lowest BCUT2D eigenvalue weighted by Crippen LogP contribution is -2.35. The van der Waals surface area contributed by atoms with E-state index in [9.17, 15) is 4.79 Å². The molecule has 190 valence electrons. The lowest BCUT2D eigenvalue weighted by atomic mass is 9.72. The van der Waals surface area contributed by atoms with E-state index in [1.54, 1.807) is 0 Å². The Hall–Kier alpha value is -3.60. The number of allylic oxidation sites excluding steroid dienone is 1. The molecule has 2 atom stereocenters. The first kappa shape index (κ1) is 25.1. The van der Waals surface area contributed by atoms with Crippen LogP contribution in [0.5, 0.6) is 0 Å². The lowest BCUT2D eigenvalue weighted by Gasteiger charge is -2.33. The average Bonchev–Trinajstić information content (AvgIpc) is 3.37. The van der Waals surface area contributed by atoms with Gasteiger partial charge in [0.05, 0.1) is 12.0 Å². The quantitative estimate of drug-likeness (QED) is 0.414. The van der Waals surface area contributed by atoms with Crippen molar-refractivity contribution in [1.82, 2.24) is 15.3 Å². The molecule has 2 aromatic carbocycles. The summed E-state index contributed by atoms with van der Waals surface area (Å²) in [5, 5.41) is 3.24. The van der Waals surface area contributed by atoms with Gasteiger partial charge in [0.2, 0.25) is 5.91 Å². The Kier molecular flexibility index (Phi) is 7.88. The first-order chi connectivity index (χ1) is 18.0. The van der Waals surface area contributed by atoms with Crippen molar-refractivity contribution in [2.75, 3.05) is 0 Å². The Morgan fingerprint density at radius 2 is 1.68 bits per heavy atom. The number of carbonyl (C=O) groups is 1. The maximum absolute atomic E-state index is 13.6. The van der Waals surface area contributed by atoms with Crippen LogP contribution in [0, 0.1) is 18.8 Å². The van der Waals surface area contributed by atoms with Crippen LogP contribution in [0.2, 0.25) is 0 Å². The highest BCUT2D eigenvalue weighted by molar-refractivity contribution is 6.11. The number of carbonyl (C=O) groups excluding carboxylic acids is 1. The van der Waals surface area contributed by atoms with Crippen LogP contribution in [-0.2, 0) is 17.8 Å². The van der Waals surface area contributed by atoms with Gasteiger partial charge < -0.3 is 5.32 Å². The van der Waals surface area contributed by atoms with E-state index in [-0.39, 0.29) is 17.9 Å². The topological polar surface area (TPSA) is 67.2 Å². The van der Waals surface area contributed by atoms with Crippen molar-refractivity contribution < 1.29 is 4.79 Å². The molecule has 0 bridgehead atoms. The van der Waals surface area contributed by atoms with Crippen LogP contribution >= 0.6 is 0 Å². The molecule has 2 heterocycles. The standard InChI is InChI=1S/C32H36N4O/c1-22-18-34-30(35-19-22)17-24-8-10-27(11-9-24)31(32(37)36-20-25-6-4-3-5-7-25)28-14-12-26(13-15-28)29-16-23(2)33-21-29/h3-7,12-16,18-19,21,23-24,27,31H,8-11,17,20H2,1-2H3,(H,36,37). The number of hydrogen-bond donors (Lipinski definition) is 1. The Labute approximate surface area is 220 Å². The van der Waals surface area contributed by atoms with Gasteiger partial charge in [0.15, 0.2) is 0 Å². The molecular formula is C32H36N4O. The van der Waals surface area contributed by atoms with Crippen LogP contribution in [-0.4, -0.2) is 28.1 Å². The predicted octanol–water partition coefficient (Wildman–Crippen LogP) is 6.09. The Balaban J connectivity index is 1.29. The Morgan fingerprint density at radius 3 is 2.32 bits per heavy atom. The molecule has 0 saturated heterocycles. The van der Waals surface area contributed by atoms with E-state index in [2.05, 4.69) is 69.7 Å². The van der Waals surface area contributed by atoms with E-state index >= 15 is 0 Å². The van der Waals surface area contributed by atoms with Gasteiger partial charge >= 0.3 is 0 Å². The molecule has 0 spiro atoms. The molecule has 5 nitrogen and oxygen atoms in total. The second kappa shape index (κ2) is 11.6. The molecule has 0 radical (unpaired) electrons. The SMILES string of the molecule is Cc1cnc(CC2CCC(C(C(=O)NCc3ccccc3)c3ccc(C4=CC(C)N=C4)cc3)CC2)nc1. The van der Waals surface area contributed by atoms with Gasteiger partial charge in [0, 0.05) is 31.6 Å². The minimum absolute atomic E-state index is 0.122. The van der Waals surface area contributed by atoms with Gasteiger partial charge in [-0.25, -0.2) is 9.97 Å². The van der Waals surface area contributed by atoms with Crippen LogP contribution in [0.25, 0.3) is 5.57 Å². The summed E-state index contributed by atoms with van der Waals surface area (Å²) in [4.78, 5) is 27.1. The largest absolute Gasteiger partial charge is 0.351 e. The second-order valence-electron chi connectivity index (χ2n) is 10.6. The fourth-order valence-corrected chi connectivity index (χ4v) is 5.64. The number of rotatable bonds is 8. The summed E-state index contributed by atoms with van der Waals surface area (Å²) >= 11 is 0. The lowest BCUT2D eigenvalue weighted by molar-refractivity contribution is -0.124. The highest BCUT2D eigenvalue weighted by Crippen LogP contribution is 2.39. The maximum Gasteiger partial charge on any atom is 0.228 e. The minimum Gasteiger partial charge on any atom is -0.351 e. The smallest absolute Gasteiger partial charge is 0.228 e. The van der Waals surface area contributed by atoms with Gasteiger partial charge in [-0.3, -0.25) is 9.79 Å². The summed E-state index contributed by atoms with van der Waals surface area (Å²) in [5.41, 5.74) is 5.62. The molecule has 2 unspecified atom stereocenters. The zero-order chi connectivity index (χ0) is 25.6. The number of benzene rings is 2. The molecule has 1 aromatic heterocycles. The van der Waals surface area contributed by atoms with Crippen molar-refractivity contribution >= 4 is 17.7 Å². The highest BCUT2D eigenvalue weighted by atomic mass is 16.1. The average molecular weight is 493 g/mol. The molecule has 1 N–H and O–H groups in total. The summed E-state index contributed by atoms with van der Waals surface area (Å²) in [7, 11) is 0. The summed E-state index contributed by atoms with van der Waals surface area (Å²) in [6.07, 6.45) is 13.1. The third-order valence-corrected chi connectivity index (χ3v) is 7.73. The fourth-order valence-electron chi connectivity index (χ4n) is 5.64. The molecular weight excluding hydrogens is 456 g/mol. The zero-order valence-corrected chi connectivity index (χ0v) is 21.8. The molecule has 5 rings (SSSR count). The van der Waals surface area contributed by atoms with E-state index in [1.807, 2.05) is 43.7 Å². The third kappa shape index (κ3) is 6.40. The van der Waals surface area contributed by atoms with E-state index in [1.165, 1.54) is 0 Å². The van der Waals surface area contributed by atoms with Crippen molar-refractivity contribution in [2.45, 2.75) is 64.5 Å². The highest BCUT2D eigenvalue weighted by Gasteiger charge is 2.33. The molecule has 3 aromatic rings. The number of aryl methyl sites for hydroxylation is 1. The summed E-state index contributed by atoms with van der Waals surface area (Å²) < 4.78 is 0. The number of nitrogens with one attached hydrogen (secondary N) is 1. The molecule has 1 saturated carbocycles. The summed E-state index contributed by atoms with van der Waals surface area (Å²) in [6, 6.07) is 18.9. The van der Waals surface area contributed by atoms with E-state index in [0.29, 0.717) is 18.4 Å². The number of nitrogens with zero attached hydrogens (tertiary/aromatic N) is 3. The first-order valence-corrected chi connectivity index (χ1v) is 13.5. The van der Waals surface area contributed by atoms with Crippen molar-refractivity contribution in [1.29, 1.82) is 0 Å². The van der Waals surface area contributed by atoms with Crippen molar-refractivity contribution in [3.05, 3.63) is 101 Å². The predicted molar refractivity (Wildman–Crippen MR) is 149 cm³/mol. The number of aromatic nitrogens is 2. The maximum atomic E-state index is 13.6. The molecule has 37 heavy (non-hydrogen) atoms. The number of aliphatic imine (C=N–C) groups is 1. The Morgan fingerprint density at radius 1 is 0.973 bits per heavy atom. The zero-order valence-electron chi connectivity index (χ0n) is 21.8. The van der Waals surface area contributed by atoms with Gasteiger partial charge in [0.1, 0.15) is 5.82 Å². The molecule has 1 fully saturated rings. The van der Waals surface area contributed by atoms with E-state index < -0.39 is 0 Å². The van der Waals surface area contributed by atoms with Crippen LogP contribution < -0.4 is 5.32 Å². The van der Waals surface area contributed by atoms with Gasteiger partial charge in [-0.15, -0.1) is 0 Å². The van der Waals surface area contributed by atoms with Crippen molar-refractivity contribution in [2.24, 2.45) is 16.8 Å². The monoisotopic (exact) mass is 492 g/mol. The normalized spacial score (nSPS) is 21.9. The van der Waals surface area contributed by atoms with E-state index in [4.69, 9.17) is 0 Å². The minimum atomic E-state index is -0.153. The summed E-state index contributed by atoms with van der Waals surface area (Å²) in [5.74, 6) is 1.80. The molecule has 5 heteroatoms. The van der Waals surface area contributed by atoms with Crippen LogP contribution in [0.4, 0.5) is 0 Å². The van der Waals surface area contributed by atoms with Crippen LogP contribution in [0.1, 0.15) is 66.6 Å². The van der Waals surface area contributed by atoms with E-state index in [0.717, 1.165) is 65.8 Å². The molecule has 2 aliphatic rings. The second-order valence-corrected chi connectivity index (χ2v) is 10.6. The number of hydrogen-bond acceptors (Lipinski definition) is 4. The van der Waals surface area contributed by atoms with Crippen LogP contribution in [0.3, 0.4) is 0 Å². The molecule has 1 aliphatic carbocycles. The van der Waals surface area contributed by atoms with Crippen LogP contribution in [0.15, 0.2) is 78.1 Å². The van der Waals surface area contributed by atoms with Gasteiger partial charge in [0.25, 0.3) is 0 Å². The van der Waals surface area contributed by atoms with Crippen molar-refractivity contribution in [3.63, 3.8) is 0 Å². The fraction of sp³-hybridized carbons (Fsp3) is 0.375. The van der Waals surface area contributed by atoms with Gasteiger partial charge in [-0.2, -0.15) is 0 Å². The summed E-state index contributed by atoms with van der Waals surface area (Å²) in [6.45, 7) is 4.66. The number of amides is 1. The molecule has 1 amide bonds.